The molecule has 0 aromatic heterocycles. The number of aliphatic hydroxyl groups excluding tert-OH is 1. The van der Waals surface area contributed by atoms with Gasteiger partial charge in [-0.1, -0.05) is 17.9 Å². The Morgan fingerprint density at radius 1 is 1.46 bits per heavy atom. The highest BCUT2D eigenvalue weighted by molar-refractivity contribution is 6.19. The molecule has 0 bridgehead atoms. The summed E-state index contributed by atoms with van der Waals surface area (Å²) < 4.78 is 13.0. The zero-order chi connectivity index (χ0) is 9.68. The maximum absolute atomic E-state index is 13.0. The third-order valence-corrected chi connectivity index (χ3v) is 1.66. The number of aliphatic hydroxyl groups is 1. The summed E-state index contributed by atoms with van der Waals surface area (Å²) >= 11 is 5.34. The predicted octanol–water partition coefficient (Wildman–Crippen LogP) is 1.91. The minimum Gasteiger partial charge on any atom is -0.392 e. The van der Waals surface area contributed by atoms with Crippen LogP contribution in [0.5, 0.6) is 0 Å². The van der Waals surface area contributed by atoms with E-state index in [1.165, 1.54) is 12.1 Å². The smallest absolute Gasteiger partial charge is 0.129 e. The van der Waals surface area contributed by atoms with Crippen LogP contribution in [0.25, 0.3) is 0 Å². The van der Waals surface area contributed by atoms with Crippen molar-refractivity contribution in [2.45, 2.75) is 6.61 Å². The van der Waals surface area contributed by atoms with Gasteiger partial charge in [-0.25, -0.2) is 4.39 Å². The highest BCUT2D eigenvalue weighted by Crippen LogP contribution is 2.09. The normalized spacial score (nSPS) is 9.15. The zero-order valence-electron chi connectivity index (χ0n) is 6.85. The Balaban J connectivity index is 2.96. The molecule has 0 radical (unpaired) electrons. The van der Waals surface area contributed by atoms with Crippen molar-refractivity contribution in [1.29, 1.82) is 0 Å². The van der Waals surface area contributed by atoms with E-state index in [2.05, 4.69) is 11.8 Å². The number of halogens is 2. The number of rotatable bonds is 1. The first-order chi connectivity index (χ1) is 6.27. The first-order valence-electron chi connectivity index (χ1n) is 3.72. The van der Waals surface area contributed by atoms with Gasteiger partial charge in [0.15, 0.2) is 0 Å². The number of hydrogen-bond donors (Lipinski definition) is 1. The Labute approximate surface area is 81.2 Å². The molecule has 1 rings (SSSR count). The standard InChI is InChI=1S/C10H8ClFO/c11-5-1-2-8-3-4-9(7-13)10(12)6-8/h3-4,6,13H,5,7H2. The Hall–Kier alpha value is -1.04. The maximum atomic E-state index is 13.0. The topological polar surface area (TPSA) is 20.2 Å². The molecular formula is C10H8ClFO. The van der Waals surface area contributed by atoms with Crippen molar-refractivity contribution in [1.82, 2.24) is 0 Å². The van der Waals surface area contributed by atoms with Crippen molar-refractivity contribution < 1.29 is 9.50 Å². The minimum absolute atomic E-state index is 0.226. The Bertz CT molecular complexity index is 352. The lowest BCUT2D eigenvalue weighted by Gasteiger charge is -1.98. The average Bonchev–Trinajstić information content (AvgIpc) is 2.15. The molecular weight excluding hydrogens is 191 g/mol. The van der Waals surface area contributed by atoms with Gasteiger partial charge in [-0.2, -0.15) is 0 Å². The molecule has 0 aliphatic heterocycles. The molecule has 0 unspecified atom stereocenters. The van der Waals surface area contributed by atoms with Crippen LogP contribution in [0.15, 0.2) is 18.2 Å². The molecule has 13 heavy (non-hydrogen) atoms. The largest absolute Gasteiger partial charge is 0.392 e. The second kappa shape index (κ2) is 4.86. The Morgan fingerprint density at radius 3 is 2.77 bits per heavy atom. The summed E-state index contributed by atoms with van der Waals surface area (Å²) in [6.45, 7) is -0.297. The molecule has 0 aliphatic carbocycles. The summed E-state index contributed by atoms with van der Waals surface area (Å²) in [5, 5.41) is 8.69. The first-order valence-corrected chi connectivity index (χ1v) is 4.25. The highest BCUT2D eigenvalue weighted by atomic mass is 35.5. The van der Waals surface area contributed by atoms with E-state index in [-0.39, 0.29) is 18.1 Å². The summed E-state index contributed by atoms with van der Waals surface area (Å²) in [6.07, 6.45) is 0. The molecule has 1 aromatic rings. The average molecular weight is 199 g/mol. The second-order valence-corrected chi connectivity index (χ2v) is 2.67. The van der Waals surface area contributed by atoms with Crippen molar-refractivity contribution in [3.05, 3.63) is 35.1 Å². The second-order valence-electron chi connectivity index (χ2n) is 2.40. The van der Waals surface area contributed by atoms with E-state index < -0.39 is 5.82 Å². The van der Waals surface area contributed by atoms with E-state index in [1.54, 1.807) is 6.07 Å². The molecule has 3 heteroatoms. The van der Waals surface area contributed by atoms with Crippen molar-refractivity contribution in [3.63, 3.8) is 0 Å². The van der Waals surface area contributed by atoms with Crippen LogP contribution in [-0.4, -0.2) is 11.0 Å². The van der Waals surface area contributed by atoms with Crippen LogP contribution in [0.1, 0.15) is 11.1 Å². The third kappa shape index (κ3) is 2.73. The maximum Gasteiger partial charge on any atom is 0.129 e. The Kier molecular flexibility index (Phi) is 3.75. The predicted molar refractivity (Wildman–Crippen MR) is 49.9 cm³/mol. The molecule has 0 saturated heterocycles. The zero-order valence-corrected chi connectivity index (χ0v) is 7.61. The summed E-state index contributed by atoms with van der Waals surface area (Å²) in [7, 11) is 0. The van der Waals surface area contributed by atoms with E-state index >= 15 is 0 Å². The van der Waals surface area contributed by atoms with E-state index in [4.69, 9.17) is 16.7 Å². The van der Waals surface area contributed by atoms with Gasteiger partial charge in [-0.15, -0.1) is 11.6 Å². The molecule has 1 nitrogen and oxygen atoms in total. The molecule has 1 N–H and O–H groups in total. The van der Waals surface area contributed by atoms with E-state index in [0.29, 0.717) is 5.56 Å². The highest BCUT2D eigenvalue weighted by Gasteiger charge is 1.99. The van der Waals surface area contributed by atoms with Gasteiger partial charge in [-0.3, -0.25) is 0 Å². The van der Waals surface area contributed by atoms with E-state index in [9.17, 15) is 4.39 Å². The third-order valence-electron chi connectivity index (χ3n) is 1.52. The molecule has 1 aromatic carbocycles. The Morgan fingerprint density at radius 2 is 2.23 bits per heavy atom. The van der Waals surface area contributed by atoms with Crippen LogP contribution in [0, 0.1) is 17.7 Å². The molecule has 0 fully saturated rings. The van der Waals surface area contributed by atoms with Gasteiger partial charge in [0.2, 0.25) is 0 Å². The van der Waals surface area contributed by atoms with Gasteiger partial charge in [-0.05, 0) is 12.1 Å². The fourth-order valence-corrected chi connectivity index (χ4v) is 0.956. The van der Waals surface area contributed by atoms with E-state index in [1.807, 2.05) is 0 Å². The fourth-order valence-electron chi connectivity index (χ4n) is 0.889. The van der Waals surface area contributed by atoms with Crippen molar-refractivity contribution >= 4 is 11.6 Å². The lowest BCUT2D eigenvalue weighted by Crippen LogP contribution is -1.90. The molecule has 0 aliphatic rings. The first kappa shape index (κ1) is 10.0. The minimum atomic E-state index is -0.441. The SMILES string of the molecule is OCc1ccc(C#CCCl)cc1F. The summed E-state index contributed by atoms with van der Waals surface area (Å²) in [5.41, 5.74) is 0.840. The molecule has 0 amide bonds. The van der Waals surface area contributed by atoms with Gasteiger partial charge in [0, 0.05) is 11.1 Å². The van der Waals surface area contributed by atoms with Gasteiger partial charge < -0.3 is 5.11 Å². The van der Waals surface area contributed by atoms with Crippen LogP contribution < -0.4 is 0 Å². The number of hydrogen-bond acceptors (Lipinski definition) is 1. The van der Waals surface area contributed by atoms with Crippen LogP contribution in [-0.2, 0) is 6.61 Å². The molecule has 0 atom stereocenters. The van der Waals surface area contributed by atoms with Crippen molar-refractivity contribution in [2.24, 2.45) is 0 Å². The quantitative estimate of drug-likeness (QED) is 0.540. The van der Waals surface area contributed by atoms with Crippen LogP contribution in [0.3, 0.4) is 0 Å². The monoisotopic (exact) mass is 198 g/mol. The van der Waals surface area contributed by atoms with E-state index in [0.717, 1.165) is 0 Å². The van der Waals surface area contributed by atoms with Gasteiger partial charge in [0.25, 0.3) is 0 Å². The summed E-state index contributed by atoms with van der Waals surface area (Å²) in [4.78, 5) is 0. The number of benzene rings is 1. The molecule has 0 heterocycles. The van der Waals surface area contributed by atoms with Gasteiger partial charge in [0.1, 0.15) is 5.82 Å². The molecule has 0 saturated carbocycles. The number of alkyl halides is 1. The van der Waals surface area contributed by atoms with Gasteiger partial charge >= 0.3 is 0 Å². The van der Waals surface area contributed by atoms with Crippen molar-refractivity contribution in [2.75, 3.05) is 5.88 Å². The van der Waals surface area contributed by atoms with Crippen LogP contribution in [0.2, 0.25) is 0 Å². The lowest BCUT2D eigenvalue weighted by atomic mass is 10.1. The summed E-state index contributed by atoms with van der Waals surface area (Å²) in [5.74, 6) is 5.08. The summed E-state index contributed by atoms with van der Waals surface area (Å²) in [6, 6.07) is 4.44. The molecule has 0 spiro atoms. The fraction of sp³-hybridized carbons (Fsp3) is 0.200. The van der Waals surface area contributed by atoms with Crippen LogP contribution in [0.4, 0.5) is 4.39 Å². The molecule has 68 valence electrons. The van der Waals surface area contributed by atoms with Gasteiger partial charge in [0.05, 0.1) is 12.5 Å². The van der Waals surface area contributed by atoms with Crippen LogP contribution >= 0.6 is 11.6 Å². The van der Waals surface area contributed by atoms with Crippen molar-refractivity contribution in [3.8, 4) is 11.8 Å². The lowest BCUT2D eigenvalue weighted by molar-refractivity contribution is 0.275.